The first-order chi connectivity index (χ1) is 5.22. The molecule has 0 saturated carbocycles. The van der Waals surface area contributed by atoms with Crippen molar-refractivity contribution in [3.05, 3.63) is 0 Å². The SMILES string of the molecule is CCC(C)CC1COC(=O)C1. The maximum atomic E-state index is 10.7. The Balaban J connectivity index is 2.22. The minimum Gasteiger partial charge on any atom is -0.465 e. The van der Waals surface area contributed by atoms with Crippen LogP contribution in [0.5, 0.6) is 0 Å². The topological polar surface area (TPSA) is 26.3 Å². The molecule has 0 aliphatic carbocycles. The van der Waals surface area contributed by atoms with Crippen LogP contribution in [-0.4, -0.2) is 12.6 Å². The van der Waals surface area contributed by atoms with E-state index in [1.54, 1.807) is 0 Å². The highest BCUT2D eigenvalue weighted by Gasteiger charge is 2.24. The molecule has 0 spiro atoms. The van der Waals surface area contributed by atoms with Crippen LogP contribution in [0.1, 0.15) is 33.1 Å². The highest BCUT2D eigenvalue weighted by Crippen LogP contribution is 2.23. The molecule has 1 rings (SSSR count). The fraction of sp³-hybridized carbons (Fsp3) is 0.889. The summed E-state index contributed by atoms with van der Waals surface area (Å²) in [6.45, 7) is 5.06. The van der Waals surface area contributed by atoms with Gasteiger partial charge in [-0.1, -0.05) is 20.3 Å². The van der Waals surface area contributed by atoms with E-state index in [4.69, 9.17) is 4.74 Å². The number of carbonyl (C=O) groups is 1. The average molecular weight is 156 g/mol. The van der Waals surface area contributed by atoms with E-state index >= 15 is 0 Å². The Bertz CT molecular complexity index is 142. The molecule has 2 atom stereocenters. The predicted molar refractivity (Wildman–Crippen MR) is 43.1 cm³/mol. The van der Waals surface area contributed by atoms with Crippen LogP contribution in [0.15, 0.2) is 0 Å². The van der Waals surface area contributed by atoms with E-state index in [1.807, 2.05) is 0 Å². The van der Waals surface area contributed by atoms with Crippen molar-refractivity contribution < 1.29 is 9.53 Å². The van der Waals surface area contributed by atoms with E-state index in [0.717, 1.165) is 12.3 Å². The normalized spacial score (nSPS) is 26.7. The van der Waals surface area contributed by atoms with Crippen molar-refractivity contribution in [2.24, 2.45) is 11.8 Å². The Morgan fingerprint density at radius 2 is 2.45 bits per heavy atom. The lowest BCUT2D eigenvalue weighted by atomic mass is 9.93. The molecule has 2 unspecified atom stereocenters. The molecule has 64 valence electrons. The first-order valence-electron chi connectivity index (χ1n) is 4.38. The van der Waals surface area contributed by atoms with Gasteiger partial charge in [-0.15, -0.1) is 0 Å². The summed E-state index contributed by atoms with van der Waals surface area (Å²) < 4.78 is 4.87. The largest absolute Gasteiger partial charge is 0.465 e. The lowest BCUT2D eigenvalue weighted by molar-refractivity contribution is -0.137. The van der Waals surface area contributed by atoms with Gasteiger partial charge in [0, 0.05) is 5.92 Å². The molecule has 0 radical (unpaired) electrons. The van der Waals surface area contributed by atoms with Gasteiger partial charge < -0.3 is 4.74 Å². The van der Waals surface area contributed by atoms with Gasteiger partial charge in [0.1, 0.15) is 0 Å². The van der Waals surface area contributed by atoms with Gasteiger partial charge in [-0.25, -0.2) is 0 Å². The lowest BCUT2D eigenvalue weighted by Gasteiger charge is -2.10. The maximum absolute atomic E-state index is 10.7. The number of rotatable bonds is 3. The van der Waals surface area contributed by atoms with Crippen LogP contribution < -0.4 is 0 Å². The predicted octanol–water partition coefficient (Wildman–Crippen LogP) is 1.99. The first-order valence-corrected chi connectivity index (χ1v) is 4.38. The minimum absolute atomic E-state index is 0.0155. The molecular weight excluding hydrogens is 140 g/mol. The van der Waals surface area contributed by atoms with Gasteiger partial charge >= 0.3 is 5.97 Å². The second-order valence-corrected chi connectivity index (χ2v) is 3.50. The van der Waals surface area contributed by atoms with Gasteiger partial charge in [0.25, 0.3) is 0 Å². The Hall–Kier alpha value is -0.530. The fourth-order valence-electron chi connectivity index (χ4n) is 1.45. The third kappa shape index (κ3) is 2.52. The molecule has 0 aromatic heterocycles. The number of hydrogen-bond donors (Lipinski definition) is 0. The highest BCUT2D eigenvalue weighted by atomic mass is 16.5. The smallest absolute Gasteiger partial charge is 0.306 e. The van der Waals surface area contributed by atoms with Crippen LogP contribution in [0.3, 0.4) is 0 Å². The highest BCUT2D eigenvalue weighted by molar-refractivity contribution is 5.71. The molecule has 2 nitrogen and oxygen atoms in total. The number of cyclic esters (lactones) is 1. The Morgan fingerprint density at radius 3 is 2.91 bits per heavy atom. The van der Waals surface area contributed by atoms with Gasteiger partial charge in [-0.05, 0) is 12.3 Å². The zero-order valence-electron chi connectivity index (χ0n) is 7.30. The van der Waals surface area contributed by atoms with Gasteiger partial charge in [-0.2, -0.15) is 0 Å². The molecule has 1 saturated heterocycles. The van der Waals surface area contributed by atoms with Gasteiger partial charge in [0.2, 0.25) is 0 Å². The Morgan fingerprint density at radius 1 is 1.73 bits per heavy atom. The third-order valence-corrected chi connectivity index (χ3v) is 2.37. The van der Waals surface area contributed by atoms with Crippen LogP contribution in [0.2, 0.25) is 0 Å². The van der Waals surface area contributed by atoms with Crippen molar-refractivity contribution in [2.75, 3.05) is 6.61 Å². The molecule has 0 amide bonds. The van der Waals surface area contributed by atoms with E-state index in [-0.39, 0.29) is 5.97 Å². The van der Waals surface area contributed by atoms with Gasteiger partial charge in [0.05, 0.1) is 13.0 Å². The standard InChI is InChI=1S/C9H16O2/c1-3-7(2)4-8-5-9(10)11-6-8/h7-8H,3-6H2,1-2H3. The van der Waals surface area contributed by atoms with E-state index in [0.29, 0.717) is 18.9 Å². The molecular formula is C9H16O2. The van der Waals surface area contributed by atoms with E-state index in [2.05, 4.69) is 13.8 Å². The number of ether oxygens (including phenoxy) is 1. The average Bonchev–Trinajstić information content (AvgIpc) is 2.35. The lowest BCUT2D eigenvalue weighted by Crippen LogP contribution is -2.05. The van der Waals surface area contributed by atoms with Crippen LogP contribution in [0, 0.1) is 11.8 Å². The summed E-state index contributed by atoms with van der Waals surface area (Å²) >= 11 is 0. The van der Waals surface area contributed by atoms with Crippen LogP contribution in [0.4, 0.5) is 0 Å². The quantitative estimate of drug-likeness (QED) is 0.584. The summed E-state index contributed by atoms with van der Waals surface area (Å²) in [5.41, 5.74) is 0. The van der Waals surface area contributed by atoms with Crippen molar-refractivity contribution in [2.45, 2.75) is 33.1 Å². The van der Waals surface area contributed by atoms with Crippen LogP contribution >= 0.6 is 0 Å². The van der Waals surface area contributed by atoms with Crippen molar-refractivity contribution in [1.29, 1.82) is 0 Å². The third-order valence-electron chi connectivity index (χ3n) is 2.37. The first kappa shape index (κ1) is 8.57. The summed E-state index contributed by atoms with van der Waals surface area (Å²) in [7, 11) is 0. The van der Waals surface area contributed by atoms with E-state index in [9.17, 15) is 4.79 Å². The van der Waals surface area contributed by atoms with Crippen LogP contribution in [-0.2, 0) is 9.53 Å². The molecule has 1 heterocycles. The molecule has 11 heavy (non-hydrogen) atoms. The monoisotopic (exact) mass is 156 g/mol. The summed E-state index contributed by atoms with van der Waals surface area (Å²) in [6.07, 6.45) is 2.98. The summed E-state index contributed by atoms with van der Waals surface area (Å²) in [6, 6.07) is 0. The maximum Gasteiger partial charge on any atom is 0.306 e. The number of carbonyl (C=O) groups excluding carboxylic acids is 1. The summed E-state index contributed by atoms with van der Waals surface area (Å²) in [5.74, 6) is 1.21. The Labute approximate surface area is 67.9 Å². The zero-order chi connectivity index (χ0) is 8.27. The minimum atomic E-state index is -0.0155. The van der Waals surface area contributed by atoms with Crippen molar-refractivity contribution in [3.63, 3.8) is 0 Å². The molecule has 2 heteroatoms. The van der Waals surface area contributed by atoms with Crippen LogP contribution in [0.25, 0.3) is 0 Å². The number of hydrogen-bond acceptors (Lipinski definition) is 2. The zero-order valence-corrected chi connectivity index (χ0v) is 7.30. The fourth-order valence-corrected chi connectivity index (χ4v) is 1.45. The molecule has 1 fully saturated rings. The van der Waals surface area contributed by atoms with E-state index < -0.39 is 0 Å². The molecule has 0 bridgehead atoms. The van der Waals surface area contributed by atoms with Crippen molar-refractivity contribution in [3.8, 4) is 0 Å². The van der Waals surface area contributed by atoms with Crippen molar-refractivity contribution >= 4 is 5.97 Å². The number of esters is 1. The second-order valence-electron chi connectivity index (χ2n) is 3.50. The molecule has 1 aliphatic rings. The second kappa shape index (κ2) is 3.74. The molecule has 0 N–H and O–H groups in total. The van der Waals surface area contributed by atoms with Gasteiger partial charge in [-0.3, -0.25) is 4.79 Å². The van der Waals surface area contributed by atoms with Crippen molar-refractivity contribution in [1.82, 2.24) is 0 Å². The molecule has 1 aliphatic heterocycles. The van der Waals surface area contributed by atoms with Gasteiger partial charge in [0.15, 0.2) is 0 Å². The van der Waals surface area contributed by atoms with E-state index in [1.165, 1.54) is 6.42 Å². The summed E-state index contributed by atoms with van der Waals surface area (Å²) in [4.78, 5) is 10.7. The summed E-state index contributed by atoms with van der Waals surface area (Å²) in [5, 5.41) is 0. The molecule has 0 aromatic carbocycles. The Kier molecular flexibility index (Phi) is 2.92. The molecule has 0 aromatic rings.